The fourth-order valence-corrected chi connectivity index (χ4v) is 1.39. The molecule has 17 heavy (non-hydrogen) atoms. The molecule has 0 fully saturated rings. The van der Waals surface area contributed by atoms with Crippen LogP contribution in [0.4, 0.5) is 0 Å². The molecule has 0 saturated heterocycles. The summed E-state index contributed by atoms with van der Waals surface area (Å²) in [5, 5.41) is 11.5. The van der Waals surface area contributed by atoms with Gasteiger partial charge in [0, 0.05) is 12.5 Å². The van der Waals surface area contributed by atoms with Crippen molar-refractivity contribution in [1.82, 2.24) is 0 Å². The maximum absolute atomic E-state index is 11.5. The van der Waals surface area contributed by atoms with Crippen LogP contribution in [-0.2, 0) is 15.9 Å². The van der Waals surface area contributed by atoms with E-state index in [4.69, 9.17) is 0 Å². The summed E-state index contributed by atoms with van der Waals surface area (Å²) in [6, 6.07) is 1.34. The number of nitrogens with zero attached hydrogens (tertiary/aromatic N) is 1. The van der Waals surface area contributed by atoms with E-state index in [1.807, 2.05) is 0 Å². The van der Waals surface area contributed by atoms with Gasteiger partial charge < -0.3 is 14.7 Å². The molecule has 1 rings (SSSR count). The first-order chi connectivity index (χ1) is 8.04. The Hall–Kier alpha value is -2.11. The lowest BCUT2D eigenvalue weighted by molar-refractivity contribution is -0.614. The van der Waals surface area contributed by atoms with Gasteiger partial charge in [0.2, 0.25) is 0 Å². The highest BCUT2D eigenvalue weighted by molar-refractivity contribution is 6.02. The van der Waals surface area contributed by atoms with Gasteiger partial charge in [0.15, 0.2) is 11.9 Å². The molecule has 0 N–H and O–H groups in total. The number of carbonyl (C=O) groups is 2. The second-order valence-corrected chi connectivity index (χ2v) is 3.25. The van der Waals surface area contributed by atoms with Crippen molar-refractivity contribution < 1.29 is 23.8 Å². The molecule has 1 aromatic heterocycles. The second-order valence-electron chi connectivity index (χ2n) is 3.25. The summed E-state index contributed by atoms with van der Waals surface area (Å²) in [6.45, 7) is 1.77. The van der Waals surface area contributed by atoms with Crippen molar-refractivity contribution in [2.75, 3.05) is 14.2 Å². The highest BCUT2D eigenvalue weighted by atomic mass is 16.5. The lowest BCUT2D eigenvalue weighted by atomic mass is 10.1. The standard InChI is InChI=1S/C11H13NO5/c1-4-7-5-8(10(13)16-2)9(6-12(7)15)11(14)17-3/h5-6H,4H2,1-3H3. The molecule has 6 heteroatoms. The van der Waals surface area contributed by atoms with Crippen LogP contribution < -0.4 is 4.73 Å². The van der Waals surface area contributed by atoms with Crippen LogP contribution in [0.2, 0.25) is 0 Å². The molecular formula is C11H13NO5. The van der Waals surface area contributed by atoms with Crippen LogP contribution in [0.1, 0.15) is 33.3 Å². The largest absolute Gasteiger partial charge is 0.618 e. The topological polar surface area (TPSA) is 79.5 Å². The molecule has 0 aliphatic carbocycles. The van der Waals surface area contributed by atoms with Crippen molar-refractivity contribution in [2.45, 2.75) is 13.3 Å². The molecule has 0 amide bonds. The molecule has 0 aliphatic heterocycles. The number of hydrogen-bond donors (Lipinski definition) is 0. The van der Waals surface area contributed by atoms with Crippen molar-refractivity contribution in [1.29, 1.82) is 0 Å². The van der Waals surface area contributed by atoms with Gasteiger partial charge in [-0.05, 0) is 0 Å². The first-order valence-electron chi connectivity index (χ1n) is 4.97. The highest BCUT2D eigenvalue weighted by Gasteiger charge is 2.23. The number of aryl methyl sites for hydroxylation is 1. The smallest absolute Gasteiger partial charge is 0.344 e. The first kappa shape index (κ1) is 13.0. The number of rotatable bonds is 3. The zero-order chi connectivity index (χ0) is 13.0. The minimum Gasteiger partial charge on any atom is -0.618 e. The molecule has 92 valence electrons. The number of ether oxygens (including phenoxy) is 2. The molecule has 0 aliphatic rings. The van der Waals surface area contributed by atoms with Crippen molar-refractivity contribution in [3.05, 3.63) is 34.3 Å². The van der Waals surface area contributed by atoms with E-state index in [-0.39, 0.29) is 11.1 Å². The maximum Gasteiger partial charge on any atom is 0.344 e. The molecule has 0 radical (unpaired) electrons. The van der Waals surface area contributed by atoms with Gasteiger partial charge in [-0.2, -0.15) is 4.73 Å². The molecular weight excluding hydrogens is 226 g/mol. The fourth-order valence-electron chi connectivity index (χ4n) is 1.39. The average Bonchev–Trinajstić information content (AvgIpc) is 2.36. The number of pyridine rings is 1. The van der Waals surface area contributed by atoms with Gasteiger partial charge in [0.05, 0.1) is 19.8 Å². The summed E-state index contributed by atoms with van der Waals surface area (Å²) in [6.07, 6.45) is 1.46. The predicted octanol–water partition coefficient (Wildman–Crippen LogP) is 0.456. The first-order valence-corrected chi connectivity index (χ1v) is 4.97. The van der Waals surface area contributed by atoms with E-state index in [2.05, 4.69) is 9.47 Å². The van der Waals surface area contributed by atoms with Crippen LogP contribution in [0.15, 0.2) is 12.3 Å². The molecule has 0 saturated carbocycles. The van der Waals surface area contributed by atoms with Crippen LogP contribution in [0.3, 0.4) is 0 Å². The summed E-state index contributed by atoms with van der Waals surface area (Å²) in [5.74, 6) is -1.43. The Labute approximate surface area is 98.3 Å². The molecule has 0 spiro atoms. The predicted molar refractivity (Wildman–Crippen MR) is 57.5 cm³/mol. The van der Waals surface area contributed by atoms with Crippen LogP contribution in [0.25, 0.3) is 0 Å². The van der Waals surface area contributed by atoms with Crippen molar-refractivity contribution in [3.8, 4) is 0 Å². The second kappa shape index (κ2) is 5.29. The summed E-state index contributed by atoms with van der Waals surface area (Å²) in [7, 11) is 2.37. The van der Waals surface area contributed by atoms with Crippen LogP contribution in [0, 0.1) is 5.21 Å². The van der Waals surface area contributed by atoms with E-state index in [0.29, 0.717) is 16.8 Å². The maximum atomic E-state index is 11.5. The zero-order valence-electron chi connectivity index (χ0n) is 9.85. The summed E-state index contributed by atoms with van der Waals surface area (Å²) in [5.41, 5.74) is 0.299. The van der Waals surface area contributed by atoms with Crippen LogP contribution in [-0.4, -0.2) is 26.2 Å². The highest BCUT2D eigenvalue weighted by Crippen LogP contribution is 2.11. The Kier molecular flexibility index (Phi) is 4.03. The average molecular weight is 239 g/mol. The van der Waals surface area contributed by atoms with E-state index < -0.39 is 11.9 Å². The third-order valence-electron chi connectivity index (χ3n) is 2.30. The van der Waals surface area contributed by atoms with Gasteiger partial charge in [-0.25, -0.2) is 9.59 Å². The van der Waals surface area contributed by atoms with Crippen LogP contribution >= 0.6 is 0 Å². The van der Waals surface area contributed by atoms with E-state index in [9.17, 15) is 14.8 Å². The molecule has 1 heterocycles. The number of carbonyl (C=O) groups excluding carboxylic acids is 2. The number of esters is 2. The van der Waals surface area contributed by atoms with Crippen LogP contribution in [0.5, 0.6) is 0 Å². The minimum absolute atomic E-state index is 0.0308. The van der Waals surface area contributed by atoms with Gasteiger partial charge in [0.25, 0.3) is 0 Å². The van der Waals surface area contributed by atoms with Gasteiger partial charge >= 0.3 is 11.9 Å². The molecule has 0 unspecified atom stereocenters. The molecule has 0 atom stereocenters. The Morgan fingerprint density at radius 2 is 1.76 bits per heavy atom. The summed E-state index contributed by atoms with van der Waals surface area (Å²) >= 11 is 0. The van der Waals surface area contributed by atoms with Gasteiger partial charge in [-0.15, -0.1) is 0 Å². The van der Waals surface area contributed by atoms with E-state index >= 15 is 0 Å². The Bertz CT molecular complexity index is 455. The van der Waals surface area contributed by atoms with Crippen molar-refractivity contribution >= 4 is 11.9 Å². The van der Waals surface area contributed by atoms with E-state index in [0.717, 1.165) is 6.20 Å². The molecule has 0 bridgehead atoms. The Morgan fingerprint density at radius 1 is 1.24 bits per heavy atom. The van der Waals surface area contributed by atoms with Gasteiger partial charge in [-0.3, -0.25) is 0 Å². The van der Waals surface area contributed by atoms with E-state index in [1.165, 1.54) is 20.3 Å². The Morgan fingerprint density at radius 3 is 2.24 bits per heavy atom. The van der Waals surface area contributed by atoms with E-state index in [1.54, 1.807) is 6.92 Å². The molecule has 1 aromatic rings. The zero-order valence-corrected chi connectivity index (χ0v) is 9.85. The number of aromatic nitrogens is 1. The number of hydrogen-bond acceptors (Lipinski definition) is 5. The van der Waals surface area contributed by atoms with Crippen molar-refractivity contribution in [3.63, 3.8) is 0 Å². The SMILES string of the molecule is CCc1cc(C(=O)OC)c(C(=O)OC)c[n+]1[O-]. The Balaban J connectivity index is 3.41. The summed E-state index contributed by atoms with van der Waals surface area (Å²) in [4.78, 5) is 22.9. The molecule has 6 nitrogen and oxygen atoms in total. The third-order valence-corrected chi connectivity index (χ3v) is 2.30. The fraction of sp³-hybridized carbons (Fsp3) is 0.364. The lowest BCUT2D eigenvalue weighted by Gasteiger charge is -2.08. The minimum atomic E-state index is -0.752. The van der Waals surface area contributed by atoms with Crippen molar-refractivity contribution in [2.24, 2.45) is 0 Å². The molecule has 0 aromatic carbocycles. The van der Waals surface area contributed by atoms with Gasteiger partial charge in [0.1, 0.15) is 5.56 Å². The summed E-state index contributed by atoms with van der Waals surface area (Å²) < 4.78 is 9.59. The van der Waals surface area contributed by atoms with Gasteiger partial charge in [-0.1, -0.05) is 6.92 Å². The lowest BCUT2D eigenvalue weighted by Crippen LogP contribution is -2.34. The quantitative estimate of drug-likeness (QED) is 0.435. The normalized spacial score (nSPS) is 9.82. The monoisotopic (exact) mass is 239 g/mol. The third kappa shape index (κ3) is 2.52. The number of methoxy groups -OCH3 is 2.